The minimum absolute atomic E-state index is 0.0548. The SMILES string of the molecule is C/C(=C\c1c(C)c(C)c(-c2ccc3[nH]cc(C)c3c2)c(C)c1C)C(=O)NS(=O)(=O)c1ccccc1. The van der Waals surface area contributed by atoms with E-state index in [0.717, 1.165) is 38.9 Å². The summed E-state index contributed by atoms with van der Waals surface area (Å²) in [4.78, 5) is 16.1. The van der Waals surface area contributed by atoms with Crippen LogP contribution in [0.25, 0.3) is 28.1 Å². The van der Waals surface area contributed by atoms with E-state index in [1.54, 1.807) is 31.2 Å². The fourth-order valence-corrected chi connectivity index (χ4v) is 5.59. The average molecular weight is 487 g/mol. The highest BCUT2D eigenvalue weighted by Gasteiger charge is 2.20. The van der Waals surface area contributed by atoms with E-state index in [1.807, 2.05) is 20.0 Å². The Bertz CT molecular complexity index is 1570. The highest BCUT2D eigenvalue weighted by molar-refractivity contribution is 7.90. The van der Waals surface area contributed by atoms with E-state index >= 15 is 0 Å². The van der Waals surface area contributed by atoms with Crippen molar-refractivity contribution in [1.82, 2.24) is 9.71 Å². The van der Waals surface area contributed by atoms with E-state index < -0.39 is 15.9 Å². The number of aromatic nitrogens is 1. The Labute approximate surface area is 207 Å². The molecule has 3 aromatic carbocycles. The fourth-order valence-electron chi connectivity index (χ4n) is 4.55. The number of sulfonamides is 1. The predicted molar refractivity (Wildman–Crippen MR) is 143 cm³/mol. The maximum atomic E-state index is 12.8. The van der Waals surface area contributed by atoms with Gasteiger partial charge in [-0.25, -0.2) is 13.1 Å². The third kappa shape index (κ3) is 4.54. The van der Waals surface area contributed by atoms with Crippen LogP contribution in [0.3, 0.4) is 0 Å². The molecule has 0 bridgehead atoms. The number of aryl methyl sites for hydroxylation is 1. The van der Waals surface area contributed by atoms with Gasteiger partial charge in [0, 0.05) is 22.7 Å². The van der Waals surface area contributed by atoms with Crippen molar-refractivity contribution in [2.75, 3.05) is 0 Å². The van der Waals surface area contributed by atoms with Crippen LogP contribution >= 0.6 is 0 Å². The van der Waals surface area contributed by atoms with Gasteiger partial charge in [-0.15, -0.1) is 0 Å². The maximum absolute atomic E-state index is 12.8. The molecule has 0 aliphatic carbocycles. The Hall–Kier alpha value is -3.64. The quantitative estimate of drug-likeness (QED) is 0.326. The fraction of sp³-hybridized carbons (Fsp3) is 0.207. The average Bonchev–Trinajstić information content (AvgIpc) is 3.21. The van der Waals surface area contributed by atoms with Crippen LogP contribution in [0.2, 0.25) is 0 Å². The molecular weight excluding hydrogens is 456 g/mol. The lowest BCUT2D eigenvalue weighted by molar-refractivity contribution is -0.115. The highest BCUT2D eigenvalue weighted by Crippen LogP contribution is 2.36. The van der Waals surface area contributed by atoms with Gasteiger partial charge in [-0.05, 0) is 116 Å². The molecular formula is C29H30N2O3S. The van der Waals surface area contributed by atoms with Gasteiger partial charge in [0.1, 0.15) is 0 Å². The van der Waals surface area contributed by atoms with Crippen LogP contribution in [0.1, 0.15) is 40.3 Å². The number of amides is 1. The minimum atomic E-state index is -3.94. The third-order valence-corrected chi connectivity index (χ3v) is 8.21. The first kappa shape index (κ1) is 24.5. The van der Waals surface area contributed by atoms with E-state index in [9.17, 15) is 13.2 Å². The molecule has 5 nitrogen and oxygen atoms in total. The number of aromatic amines is 1. The Morgan fingerprint density at radius 3 is 2.14 bits per heavy atom. The molecule has 0 radical (unpaired) electrons. The van der Waals surface area contributed by atoms with E-state index in [-0.39, 0.29) is 4.90 Å². The highest BCUT2D eigenvalue weighted by atomic mass is 32.2. The monoisotopic (exact) mass is 486 g/mol. The molecule has 0 aliphatic heterocycles. The number of H-pyrrole nitrogens is 1. The van der Waals surface area contributed by atoms with Crippen molar-refractivity contribution in [3.63, 3.8) is 0 Å². The summed E-state index contributed by atoms with van der Waals surface area (Å²) in [5, 5.41) is 1.20. The molecule has 180 valence electrons. The molecule has 6 heteroatoms. The molecule has 0 spiro atoms. The standard InChI is InChI=1S/C29H30N2O3S/c1-17(29(32)31-35(33,34)24-10-8-7-9-11-24)14-26-19(3)21(5)28(22(6)20(26)4)23-12-13-27-25(15-23)18(2)16-30-27/h7-16,30H,1-6H3,(H,31,32)/b17-14+. The van der Waals surface area contributed by atoms with Crippen molar-refractivity contribution in [2.45, 2.75) is 46.4 Å². The molecule has 0 aliphatic rings. The topological polar surface area (TPSA) is 79.0 Å². The number of hydrogen-bond acceptors (Lipinski definition) is 3. The molecule has 1 aromatic heterocycles. The van der Waals surface area contributed by atoms with Crippen LogP contribution in [0, 0.1) is 34.6 Å². The van der Waals surface area contributed by atoms with Gasteiger partial charge in [0.05, 0.1) is 4.90 Å². The molecule has 2 N–H and O–H groups in total. The number of hydrogen-bond donors (Lipinski definition) is 2. The van der Waals surface area contributed by atoms with E-state index in [2.05, 4.69) is 48.7 Å². The first-order valence-corrected chi connectivity index (χ1v) is 13.0. The lowest BCUT2D eigenvalue weighted by atomic mass is 9.85. The van der Waals surface area contributed by atoms with Crippen LogP contribution < -0.4 is 4.72 Å². The summed E-state index contributed by atoms with van der Waals surface area (Å²) in [6.07, 6.45) is 3.80. The van der Waals surface area contributed by atoms with Crippen molar-refractivity contribution >= 4 is 32.9 Å². The smallest absolute Gasteiger partial charge is 0.264 e. The molecule has 0 atom stereocenters. The van der Waals surface area contributed by atoms with Crippen molar-refractivity contribution in [3.05, 3.63) is 93.7 Å². The van der Waals surface area contributed by atoms with Gasteiger partial charge in [-0.1, -0.05) is 24.3 Å². The van der Waals surface area contributed by atoms with Gasteiger partial charge in [0.15, 0.2) is 0 Å². The summed E-state index contributed by atoms with van der Waals surface area (Å²) in [7, 11) is -3.94. The van der Waals surface area contributed by atoms with Gasteiger partial charge in [-0.2, -0.15) is 0 Å². The van der Waals surface area contributed by atoms with Crippen LogP contribution in [0.15, 0.2) is 65.2 Å². The summed E-state index contributed by atoms with van der Waals surface area (Å²) in [5.74, 6) is -0.638. The van der Waals surface area contributed by atoms with Gasteiger partial charge < -0.3 is 4.98 Å². The van der Waals surface area contributed by atoms with Crippen LogP contribution in [0.5, 0.6) is 0 Å². The van der Waals surface area contributed by atoms with E-state index in [4.69, 9.17) is 0 Å². The Balaban J connectivity index is 1.73. The molecule has 4 rings (SSSR count). The molecule has 0 unspecified atom stereocenters. The van der Waals surface area contributed by atoms with Crippen molar-refractivity contribution in [2.24, 2.45) is 0 Å². The summed E-state index contributed by atoms with van der Waals surface area (Å²) < 4.78 is 27.3. The molecule has 4 aromatic rings. The summed E-state index contributed by atoms with van der Waals surface area (Å²) in [6.45, 7) is 12.0. The van der Waals surface area contributed by atoms with E-state index in [1.165, 1.54) is 28.6 Å². The normalized spacial score (nSPS) is 12.2. The first-order chi connectivity index (χ1) is 16.5. The van der Waals surface area contributed by atoms with E-state index in [0.29, 0.717) is 5.57 Å². The maximum Gasteiger partial charge on any atom is 0.264 e. The zero-order valence-electron chi connectivity index (χ0n) is 20.9. The molecule has 0 saturated carbocycles. The first-order valence-electron chi connectivity index (χ1n) is 11.5. The van der Waals surface area contributed by atoms with Crippen molar-refractivity contribution in [1.29, 1.82) is 0 Å². The number of nitrogens with one attached hydrogen (secondary N) is 2. The number of benzene rings is 3. The molecule has 1 heterocycles. The number of carbonyl (C=O) groups excluding carboxylic acids is 1. The van der Waals surface area contributed by atoms with Gasteiger partial charge in [0.2, 0.25) is 0 Å². The lowest BCUT2D eigenvalue weighted by Gasteiger charge is -2.20. The van der Waals surface area contributed by atoms with Crippen LogP contribution in [-0.4, -0.2) is 19.3 Å². The van der Waals surface area contributed by atoms with Gasteiger partial charge >= 0.3 is 0 Å². The second kappa shape index (κ2) is 9.19. The largest absolute Gasteiger partial charge is 0.361 e. The summed E-state index contributed by atoms with van der Waals surface area (Å²) in [5.41, 5.74) is 10.3. The third-order valence-electron chi connectivity index (χ3n) is 6.86. The number of fused-ring (bicyclic) bond motifs is 1. The van der Waals surface area contributed by atoms with Crippen molar-refractivity contribution in [3.8, 4) is 11.1 Å². The minimum Gasteiger partial charge on any atom is -0.361 e. The second-order valence-electron chi connectivity index (χ2n) is 9.10. The molecule has 35 heavy (non-hydrogen) atoms. The molecule has 0 saturated heterocycles. The number of rotatable bonds is 5. The van der Waals surface area contributed by atoms with Crippen LogP contribution in [0.4, 0.5) is 0 Å². The van der Waals surface area contributed by atoms with Gasteiger partial charge in [0.25, 0.3) is 15.9 Å². The zero-order valence-corrected chi connectivity index (χ0v) is 21.7. The Morgan fingerprint density at radius 1 is 0.886 bits per heavy atom. The summed E-state index contributed by atoms with van der Waals surface area (Å²) >= 11 is 0. The Kier molecular flexibility index (Phi) is 6.43. The predicted octanol–water partition coefficient (Wildman–Crippen LogP) is 6.29. The lowest BCUT2D eigenvalue weighted by Crippen LogP contribution is -2.31. The summed E-state index contributed by atoms with van der Waals surface area (Å²) in [6, 6.07) is 14.3. The van der Waals surface area contributed by atoms with Gasteiger partial charge in [-0.3, -0.25) is 4.79 Å². The molecule has 0 fully saturated rings. The van der Waals surface area contributed by atoms with Crippen molar-refractivity contribution < 1.29 is 13.2 Å². The second-order valence-corrected chi connectivity index (χ2v) is 10.8. The molecule has 1 amide bonds. The zero-order chi connectivity index (χ0) is 25.5. The Morgan fingerprint density at radius 2 is 1.51 bits per heavy atom. The number of carbonyl (C=O) groups is 1. The van der Waals surface area contributed by atoms with Crippen LogP contribution in [-0.2, 0) is 14.8 Å².